The van der Waals surface area contributed by atoms with E-state index in [1.807, 2.05) is 0 Å². The molecule has 7 heteroatoms. The molecule has 32 heavy (non-hydrogen) atoms. The van der Waals surface area contributed by atoms with Gasteiger partial charge in [-0.25, -0.2) is 0 Å². The summed E-state index contributed by atoms with van der Waals surface area (Å²) in [6.45, 7) is 0. The van der Waals surface area contributed by atoms with Crippen molar-refractivity contribution in [2.24, 2.45) is 23.7 Å². The van der Waals surface area contributed by atoms with Crippen molar-refractivity contribution in [3.8, 4) is 6.07 Å². The van der Waals surface area contributed by atoms with Crippen LogP contribution in [-0.2, 0) is 22.4 Å². The van der Waals surface area contributed by atoms with E-state index < -0.39 is 0 Å². The number of rotatable bonds is 3. The van der Waals surface area contributed by atoms with E-state index in [4.69, 9.17) is 0 Å². The number of fused-ring (bicyclic) bond motifs is 6. The van der Waals surface area contributed by atoms with Gasteiger partial charge in [0, 0.05) is 10.4 Å². The predicted molar refractivity (Wildman–Crippen MR) is 120 cm³/mol. The second-order valence-corrected chi connectivity index (χ2v) is 10.1. The molecule has 1 aromatic carbocycles. The van der Waals surface area contributed by atoms with Crippen LogP contribution in [0.25, 0.3) is 0 Å². The number of anilines is 2. The summed E-state index contributed by atoms with van der Waals surface area (Å²) < 4.78 is 0. The van der Waals surface area contributed by atoms with Gasteiger partial charge >= 0.3 is 0 Å². The molecule has 3 amide bonds. The number of amides is 3. The van der Waals surface area contributed by atoms with Crippen molar-refractivity contribution in [1.82, 2.24) is 0 Å². The maximum absolute atomic E-state index is 13.0. The number of imide groups is 1. The number of nitriles is 1. The first kappa shape index (κ1) is 19.4. The van der Waals surface area contributed by atoms with Crippen LogP contribution in [0.2, 0.25) is 0 Å². The molecule has 1 aliphatic heterocycles. The Morgan fingerprint density at radius 2 is 1.69 bits per heavy atom. The van der Waals surface area contributed by atoms with Gasteiger partial charge in [-0.15, -0.1) is 11.3 Å². The molecule has 6 nitrogen and oxygen atoms in total. The normalized spacial score (nSPS) is 27.4. The standard InChI is InChI=1S/C25H21N3O3S/c26-12-18-17-3-1-2-4-19(17)32-23(18)27-22(29)13-7-9-16(10-8-13)28-24(30)20-14-5-6-15(11-14)21(20)25(28)31/h5-10,14-15,20-21H,1-4,11H2,(H,27,29)/t14-,15-,20+,21+/m0/s1. The zero-order chi connectivity index (χ0) is 22.0. The fourth-order valence-electron chi connectivity index (χ4n) is 5.87. The summed E-state index contributed by atoms with van der Waals surface area (Å²) in [5.74, 6) is -0.701. The van der Waals surface area contributed by atoms with Crippen molar-refractivity contribution in [3.05, 3.63) is 58.0 Å². The molecule has 2 bridgehead atoms. The van der Waals surface area contributed by atoms with Crippen LogP contribution in [0.4, 0.5) is 10.7 Å². The Bertz CT molecular complexity index is 1210. The molecule has 0 unspecified atom stereocenters. The van der Waals surface area contributed by atoms with E-state index in [0.29, 0.717) is 21.8 Å². The van der Waals surface area contributed by atoms with Gasteiger partial charge in [-0.2, -0.15) is 5.26 Å². The Kier molecular flexibility index (Phi) is 4.34. The Labute approximate surface area is 189 Å². The van der Waals surface area contributed by atoms with Gasteiger partial charge in [-0.05, 0) is 73.8 Å². The average Bonchev–Trinajstić information content (AvgIpc) is 3.55. The molecular formula is C25H21N3O3S. The minimum Gasteiger partial charge on any atom is -0.312 e. The third-order valence-corrected chi connectivity index (χ3v) is 8.58. The molecule has 0 spiro atoms. The second-order valence-electron chi connectivity index (χ2n) is 9.04. The molecule has 6 rings (SSSR count). The smallest absolute Gasteiger partial charge is 0.256 e. The highest BCUT2D eigenvalue weighted by Gasteiger charge is 2.59. The van der Waals surface area contributed by atoms with Crippen LogP contribution < -0.4 is 10.2 Å². The first-order valence-corrected chi connectivity index (χ1v) is 11.9. The van der Waals surface area contributed by atoms with Crippen LogP contribution in [-0.4, -0.2) is 17.7 Å². The van der Waals surface area contributed by atoms with E-state index in [2.05, 4.69) is 23.5 Å². The van der Waals surface area contributed by atoms with Gasteiger partial charge in [0.15, 0.2) is 0 Å². The average molecular weight is 444 g/mol. The number of nitrogens with one attached hydrogen (secondary N) is 1. The van der Waals surface area contributed by atoms with Crippen molar-refractivity contribution < 1.29 is 14.4 Å². The van der Waals surface area contributed by atoms with Crippen LogP contribution in [0, 0.1) is 35.0 Å². The van der Waals surface area contributed by atoms with Crippen molar-refractivity contribution >= 4 is 39.7 Å². The fourth-order valence-corrected chi connectivity index (χ4v) is 7.10. The number of carbonyl (C=O) groups is 3. The zero-order valence-electron chi connectivity index (χ0n) is 17.3. The number of carbonyl (C=O) groups excluding carboxylic acids is 3. The first-order valence-electron chi connectivity index (χ1n) is 11.1. The minimum absolute atomic E-state index is 0.128. The third-order valence-electron chi connectivity index (χ3n) is 7.37. The van der Waals surface area contributed by atoms with E-state index >= 15 is 0 Å². The lowest BCUT2D eigenvalue weighted by molar-refractivity contribution is -0.123. The Morgan fingerprint density at radius 1 is 1.03 bits per heavy atom. The molecule has 1 saturated heterocycles. The van der Waals surface area contributed by atoms with Crippen LogP contribution >= 0.6 is 11.3 Å². The van der Waals surface area contributed by atoms with E-state index in [1.54, 1.807) is 24.3 Å². The maximum atomic E-state index is 13.0. The summed E-state index contributed by atoms with van der Waals surface area (Å²) in [5, 5.41) is 13.1. The molecule has 2 heterocycles. The Balaban J connectivity index is 1.22. The maximum Gasteiger partial charge on any atom is 0.256 e. The highest BCUT2D eigenvalue weighted by molar-refractivity contribution is 7.16. The number of hydrogen-bond acceptors (Lipinski definition) is 5. The number of hydrogen-bond donors (Lipinski definition) is 1. The minimum atomic E-state index is -0.301. The molecule has 1 aromatic heterocycles. The Morgan fingerprint density at radius 3 is 2.34 bits per heavy atom. The summed E-state index contributed by atoms with van der Waals surface area (Å²) in [4.78, 5) is 41.3. The lowest BCUT2D eigenvalue weighted by atomic mass is 9.85. The van der Waals surface area contributed by atoms with Gasteiger partial charge in [0.1, 0.15) is 11.1 Å². The molecule has 4 aliphatic rings. The van der Waals surface area contributed by atoms with Gasteiger partial charge in [-0.3, -0.25) is 19.3 Å². The van der Waals surface area contributed by atoms with E-state index in [-0.39, 0.29) is 41.4 Å². The molecular weight excluding hydrogens is 422 g/mol. The van der Waals surface area contributed by atoms with Gasteiger partial charge in [0.05, 0.1) is 23.1 Å². The van der Waals surface area contributed by atoms with Gasteiger partial charge in [0.25, 0.3) is 5.91 Å². The second kappa shape index (κ2) is 7.14. The number of aryl methyl sites for hydroxylation is 1. The highest BCUT2D eigenvalue weighted by atomic mass is 32.1. The van der Waals surface area contributed by atoms with E-state index in [9.17, 15) is 19.6 Å². The number of thiophene rings is 1. The fraction of sp³-hybridized carbons (Fsp3) is 0.360. The van der Waals surface area contributed by atoms with Crippen LogP contribution in [0.15, 0.2) is 36.4 Å². The molecule has 4 atom stereocenters. The summed E-state index contributed by atoms with van der Waals surface area (Å²) in [6.07, 6.45) is 9.07. The molecule has 2 fully saturated rings. The Hall–Kier alpha value is -3.24. The quantitative estimate of drug-likeness (QED) is 0.572. The molecule has 0 radical (unpaired) electrons. The third kappa shape index (κ3) is 2.72. The lowest BCUT2D eigenvalue weighted by Gasteiger charge is -2.17. The number of nitrogens with zero attached hydrogens (tertiary/aromatic N) is 2. The molecule has 1 N–H and O–H groups in total. The SMILES string of the molecule is N#Cc1c(NC(=O)c2ccc(N3C(=O)[C@H]4[C@H](C3=O)[C@H]3C=C[C@H]4C3)cc2)sc2c1CCCC2. The predicted octanol–water partition coefficient (Wildman–Crippen LogP) is 4.06. The van der Waals surface area contributed by atoms with Gasteiger partial charge in [0.2, 0.25) is 11.8 Å². The molecule has 1 saturated carbocycles. The molecule has 160 valence electrons. The van der Waals surface area contributed by atoms with Crippen molar-refractivity contribution in [3.63, 3.8) is 0 Å². The summed E-state index contributed by atoms with van der Waals surface area (Å²) in [6, 6.07) is 8.84. The largest absolute Gasteiger partial charge is 0.312 e. The van der Waals surface area contributed by atoms with Gasteiger partial charge in [-0.1, -0.05) is 12.2 Å². The first-order chi connectivity index (χ1) is 15.6. The molecule has 2 aromatic rings. The van der Waals surface area contributed by atoms with Gasteiger partial charge < -0.3 is 5.32 Å². The number of allylic oxidation sites excluding steroid dienone is 2. The zero-order valence-corrected chi connectivity index (χ0v) is 18.2. The topological polar surface area (TPSA) is 90.3 Å². The lowest BCUT2D eigenvalue weighted by Crippen LogP contribution is -2.32. The number of benzene rings is 1. The van der Waals surface area contributed by atoms with E-state index in [1.165, 1.54) is 21.1 Å². The van der Waals surface area contributed by atoms with Crippen molar-refractivity contribution in [2.45, 2.75) is 32.1 Å². The summed E-state index contributed by atoms with van der Waals surface area (Å²) in [5.41, 5.74) is 2.59. The summed E-state index contributed by atoms with van der Waals surface area (Å²) >= 11 is 1.49. The van der Waals surface area contributed by atoms with Crippen molar-refractivity contribution in [1.29, 1.82) is 5.26 Å². The monoisotopic (exact) mass is 443 g/mol. The van der Waals surface area contributed by atoms with Crippen LogP contribution in [0.3, 0.4) is 0 Å². The van der Waals surface area contributed by atoms with Crippen molar-refractivity contribution in [2.75, 3.05) is 10.2 Å². The molecule has 3 aliphatic carbocycles. The van der Waals surface area contributed by atoms with E-state index in [0.717, 1.165) is 37.7 Å². The highest BCUT2D eigenvalue weighted by Crippen LogP contribution is 2.53. The summed E-state index contributed by atoms with van der Waals surface area (Å²) in [7, 11) is 0. The van der Waals surface area contributed by atoms with Crippen LogP contribution in [0.1, 0.15) is 45.6 Å². The van der Waals surface area contributed by atoms with Crippen LogP contribution in [0.5, 0.6) is 0 Å².